The van der Waals surface area contributed by atoms with Crippen LogP contribution in [0.1, 0.15) is 12.0 Å². The van der Waals surface area contributed by atoms with E-state index in [1.807, 2.05) is 18.2 Å². The van der Waals surface area contributed by atoms with Crippen LogP contribution in [0.4, 0.5) is 21.6 Å². The number of fused-ring (bicyclic) bond motifs is 1. The Labute approximate surface area is 209 Å². The average Bonchev–Trinajstić information content (AvgIpc) is 2.85. The van der Waals surface area contributed by atoms with Gasteiger partial charge < -0.3 is 20.4 Å². The fourth-order valence-corrected chi connectivity index (χ4v) is 4.08. The van der Waals surface area contributed by atoms with Gasteiger partial charge in [0.15, 0.2) is 0 Å². The topological polar surface area (TPSA) is 73.4 Å². The fourth-order valence-electron chi connectivity index (χ4n) is 3.90. The molecule has 182 valence electrons. The Kier molecular flexibility index (Phi) is 8.07. The van der Waals surface area contributed by atoms with E-state index in [4.69, 9.17) is 11.6 Å². The minimum atomic E-state index is -0.497. The van der Waals surface area contributed by atoms with E-state index < -0.39 is 5.82 Å². The molecule has 9 heteroatoms. The number of nitrogens with one attached hydrogen (secondary N) is 2. The molecule has 35 heavy (non-hydrogen) atoms. The van der Waals surface area contributed by atoms with Crippen molar-refractivity contribution in [2.24, 2.45) is 0 Å². The molecule has 3 aromatic rings. The molecule has 1 fully saturated rings. The zero-order valence-corrected chi connectivity index (χ0v) is 20.4. The van der Waals surface area contributed by atoms with Crippen molar-refractivity contribution in [3.63, 3.8) is 0 Å². The minimum absolute atomic E-state index is 0.0105. The van der Waals surface area contributed by atoms with Gasteiger partial charge in [-0.15, -0.1) is 0 Å². The molecule has 0 bridgehead atoms. The van der Waals surface area contributed by atoms with Gasteiger partial charge >= 0.3 is 0 Å². The molecule has 1 amide bonds. The summed E-state index contributed by atoms with van der Waals surface area (Å²) in [7, 11) is 2.15. The van der Waals surface area contributed by atoms with E-state index in [0.29, 0.717) is 28.1 Å². The molecule has 1 aromatic heterocycles. The number of anilines is 3. The number of likely N-dealkylation sites (N-methyl/N-ethyl adjacent to an activating group) is 1. The number of piperazine rings is 1. The van der Waals surface area contributed by atoms with Gasteiger partial charge in [0, 0.05) is 49.5 Å². The first-order valence-electron chi connectivity index (χ1n) is 11.4. The summed E-state index contributed by atoms with van der Waals surface area (Å²) in [6.07, 6.45) is 7.70. The Morgan fingerprint density at radius 1 is 1.20 bits per heavy atom. The van der Waals surface area contributed by atoms with Crippen molar-refractivity contribution >= 4 is 51.7 Å². The third-order valence-electron chi connectivity index (χ3n) is 5.94. The lowest BCUT2D eigenvalue weighted by Gasteiger charge is -2.32. The van der Waals surface area contributed by atoms with Crippen molar-refractivity contribution in [3.05, 3.63) is 71.8 Å². The molecule has 2 N–H and O–H groups in total. The van der Waals surface area contributed by atoms with Crippen molar-refractivity contribution in [2.75, 3.05) is 50.4 Å². The maximum atomic E-state index is 13.5. The van der Waals surface area contributed by atoms with Crippen LogP contribution < -0.4 is 10.6 Å². The number of rotatable bonds is 8. The normalized spacial score (nSPS) is 14.9. The molecule has 4 rings (SSSR count). The largest absolute Gasteiger partial charge is 0.340 e. The van der Waals surface area contributed by atoms with Gasteiger partial charge in [-0.05, 0) is 55.4 Å². The van der Waals surface area contributed by atoms with Gasteiger partial charge in [-0.1, -0.05) is 30.3 Å². The van der Waals surface area contributed by atoms with E-state index in [9.17, 15) is 9.18 Å². The molecule has 0 radical (unpaired) electrons. The molecule has 7 nitrogen and oxygen atoms in total. The number of hydrogen-bond donors (Lipinski definition) is 2. The minimum Gasteiger partial charge on any atom is -0.340 e. The Balaban J connectivity index is 1.59. The number of aromatic nitrogens is 2. The van der Waals surface area contributed by atoms with Crippen molar-refractivity contribution in [3.8, 4) is 0 Å². The first kappa shape index (κ1) is 24.8. The highest BCUT2D eigenvalue weighted by atomic mass is 35.5. The summed E-state index contributed by atoms with van der Waals surface area (Å²) < 4.78 is 13.5. The maximum Gasteiger partial charge on any atom is 0.247 e. The van der Waals surface area contributed by atoms with Crippen molar-refractivity contribution < 1.29 is 9.18 Å². The van der Waals surface area contributed by atoms with E-state index in [2.05, 4.69) is 50.1 Å². The Hall–Kier alpha value is -3.33. The van der Waals surface area contributed by atoms with Crippen molar-refractivity contribution in [1.82, 2.24) is 19.8 Å². The van der Waals surface area contributed by atoms with Crippen LogP contribution in [-0.2, 0) is 4.79 Å². The Bertz CT molecular complexity index is 1260. The van der Waals surface area contributed by atoms with Crippen LogP contribution in [0.25, 0.3) is 17.0 Å². The molecule has 2 heterocycles. The van der Waals surface area contributed by atoms with Crippen LogP contribution in [0.2, 0.25) is 5.02 Å². The Morgan fingerprint density at radius 2 is 2.00 bits per heavy atom. The summed E-state index contributed by atoms with van der Waals surface area (Å²) >= 11 is 5.92. The van der Waals surface area contributed by atoms with Crippen molar-refractivity contribution in [1.29, 1.82) is 0 Å². The van der Waals surface area contributed by atoms with E-state index in [0.717, 1.165) is 44.7 Å². The zero-order valence-electron chi connectivity index (χ0n) is 19.6. The monoisotopic (exact) mass is 494 g/mol. The van der Waals surface area contributed by atoms with Gasteiger partial charge in [-0.3, -0.25) is 4.79 Å². The predicted molar refractivity (Wildman–Crippen MR) is 141 cm³/mol. The Morgan fingerprint density at radius 3 is 2.74 bits per heavy atom. The van der Waals surface area contributed by atoms with E-state index in [1.165, 1.54) is 24.5 Å². The third-order valence-corrected chi connectivity index (χ3v) is 6.23. The van der Waals surface area contributed by atoms with Gasteiger partial charge in [0.2, 0.25) is 5.91 Å². The second-order valence-corrected chi connectivity index (χ2v) is 8.87. The highest BCUT2D eigenvalue weighted by Crippen LogP contribution is 2.30. The van der Waals surface area contributed by atoms with Gasteiger partial charge in [-0.2, -0.15) is 0 Å². The number of carbonyl (C=O) groups excluding carboxylic acids is 1. The molecule has 0 aliphatic carbocycles. The van der Waals surface area contributed by atoms with Crippen molar-refractivity contribution in [2.45, 2.75) is 6.42 Å². The summed E-state index contributed by atoms with van der Waals surface area (Å²) in [6.45, 7) is 8.87. The smallest absolute Gasteiger partial charge is 0.247 e. The number of halogens is 2. The second kappa shape index (κ2) is 11.4. The number of amides is 1. The number of benzene rings is 2. The molecule has 2 aromatic carbocycles. The van der Waals surface area contributed by atoms with Crippen LogP contribution >= 0.6 is 11.6 Å². The lowest BCUT2D eigenvalue weighted by atomic mass is 10.1. The maximum absolute atomic E-state index is 13.5. The summed E-state index contributed by atoms with van der Waals surface area (Å²) in [5.41, 5.74) is 2.74. The molecule has 1 saturated heterocycles. The van der Waals surface area contributed by atoms with Gasteiger partial charge in [0.25, 0.3) is 0 Å². The van der Waals surface area contributed by atoms with E-state index in [1.54, 1.807) is 6.07 Å². The molecule has 1 aliphatic rings. The molecule has 0 unspecified atom stereocenters. The molecule has 0 spiro atoms. The standard InChI is InChI=1S/C26H28ClFN6O/c1-3-25(35)32-23-16-20-24(14-18(23)6-4-5-9-34-12-10-33(2)11-13-34)29-17-30-26(20)31-19-7-8-22(28)21(27)15-19/h3-4,6-8,14-17H,1,5,9-13H2,2H3,(H,32,35)(H,29,30,31)/b6-4+. The van der Waals surface area contributed by atoms with Crippen LogP contribution in [0.5, 0.6) is 0 Å². The first-order valence-corrected chi connectivity index (χ1v) is 11.8. The van der Waals surface area contributed by atoms with E-state index >= 15 is 0 Å². The quantitative estimate of drug-likeness (QED) is 0.432. The molecule has 0 saturated carbocycles. The average molecular weight is 495 g/mol. The molecule has 1 aliphatic heterocycles. The summed E-state index contributed by atoms with van der Waals surface area (Å²) in [6, 6.07) is 8.08. The predicted octanol–water partition coefficient (Wildman–Crippen LogP) is 4.94. The summed E-state index contributed by atoms with van der Waals surface area (Å²) in [5.74, 6) is -0.297. The van der Waals surface area contributed by atoms with Gasteiger partial charge in [0.1, 0.15) is 18.0 Å². The second-order valence-electron chi connectivity index (χ2n) is 8.46. The highest BCUT2D eigenvalue weighted by Gasteiger charge is 2.13. The molecular weight excluding hydrogens is 467 g/mol. The summed E-state index contributed by atoms with van der Waals surface area (Å²) in [5, 5.41) is 6.74. The number of carbonyl (C=O) groups is 1. The van der Waals surface area contributed by atoms with Crippen LogP contribution in [0.15, 0.2) is 55.4 Å². The number of nitrogens with zero attached hydrogens (tertiary/aromatic N) is 4. The lowest BCUT2D eigenvalue weighted by Crippen LogP contribution is -2.44. The SMILES string of the molecule is C=CC(=O)Nc1cc2c(Nc3ccc(F)c(Cl)c3)ncnc2cc1/C=C/CCN1CCN(C)CC1. The zero-order chi connectivity index (χ0) is 24.8. The lowest BCUT2D eigenvalue weighted by molar-refractivity contribution is -0.111. The first-order chi connectivity index (χ1) is 16.9. The van der Waals surface area contributed by atoms with E-state index in [-0.39, 0.29) is 10.9 Å². The third kappa shape index (κ3) is 6.42. The van der Waals surface area contributed by atoms with Crippen LogP contribution in [-0.4, -0.2) is 65.4 Å². The molecular formula is C26H28ClFN6O. The number of hydrogen-bond acceptors (Lipinski definition) is 6. The van der Waals surface area contributed by atoms with Gasteiger partial charge in [-0.25, -0.2) is 14.4 Å². The highest BCUT2D eigenvalue weighted by molar-refractivity contribution is 6.31. The van der Waals surface area contributed by atoms with Crippen LogP contribution in [0.3, 0.4) is 0 Å². The van der Waals surface area contributed by atoms with Gasteiger partial charge in [0.05, 0.1) is 10.5 Å². The van der Waals surface area contributed by atoms with Crippen LogP contribution in [0, 0.1) is 5.82 Å². The summed E-state index contributed by atoms with van der Waals surface area (Å²) in [4.78, 5) is 25.7. The molecule has 0 atom stereocenters. The fraction of sp³-hybridized carbons (Fsp3) is 0.269.